The molecule has 0 amide bonds. The zero-order valence-corrected chi connectivity index (χ0v) is 22.8. The second-order valence-corrected chi connectivity index (χ2v) is 15.1. The van der Waals surface area contributed by atoms with Gasteiger partial charge < -0.3 is 9.16 Å². The molecular weight excluding hydrogens is 495 g/mol. The molecule has 0 aliphatic heterocycles. The molecule has 1 N–H and O–H groups in total. The van der Waals surface area contributed by atoms with Gasteiger partial charge in [-0.2, -0.15) is 0 Å². The van der Waals surface area contributed by atoms with Gasteiger partial charge >= 0.3 is 5.69 Å². The average Bonchev–Trinajstić information content (AvgIpc) is 2.73. The Hall–Kier alpha value is -2.20. The van der Waals surface area contributed by atoms with E-state index in [1.807, 2.05) is 6.92 Å². The number of rotatable bonds is 8. The molecule has 0 aromatic carbocycles. The second kappa shape index (κ2) is 10.2. The molecule has 34 heavy (non-hydrogen) atoms. The molecule has 0 atom stereocenters. The number of halogens is 2. The predicted molar refractivity (Wildman–Crippen MR) is 138 cm³/mol. The first-order valence-corrected chi connectivity index (χ1v) is 14.8. The van der Waals surface area contributed by atoms with E-state index in [1.165, 1.54) is 10.6 Å². The van der Waals surface area contributed by atoms with Crippen molar-refractivity contribution in [1.82, 2.24) is 19.5 Å². The Morgan fingerprint density at radius 2 is 1.88 bits per heavy atom. The van der Waals surface area contributed by atoms with Gasteiger partial charge in [-0.25, -0.2) is 14.3 Å². The van der Waals surface area contributed by atoms with Crippen molar-refractivity contribution in [3.8, 4) is 11.4 Å². The van der Waals surface area contributed by atoms with E-state index >= 15 is 0 Å². The molecule has 0 saturated heterocycles. The fourth-order valence-electron chi connectivity index (χ4n) is 3.24. The van der Waals surface area contributed by atoms with Crippen LogP contribution in [0, 0.1) is 0 Å². The summed E-state index contributed by atoms with van der Waals surface area (Å²) in [5, 5.41) is 0.313. The van der Waals surface area contributed by atoms with Crippen molar-refractivity contribution in [2.75, 3.05) is 13.2 Å². The molecule has 3 aromatic rings. The number of ether oxygens (including phenoxy) is 1. The fourth-order valence-corrected chi connectivity index (χ4v) is 4.55. The molecule has 0 radical (unpaired) electrons. The minimum absolute atomic E-state index is 0.0147. The van der Waals surface area contributed by atoms with Gasteiger partial charge in [-0.1, -0.05) is 57.3 Å². The van der Waals surface area contributed by atoms with Gasteiger partial charge in [0.1, 0.15) is 23.2 Å². The maximum atomic E-state index is 13.0. The summed E-state index contributed by atoms with van der Waals surface area (Å²) in [4.78, 5) is 36.5. The molecule has 0 aliphatic rings. The second-order valence-electron chi connectivity index (χ2n) is 9.54. The highest BCUT2D eigenvalue weighted by atomic mass is 35.5. The van der Waals surface area contributed by atoms with Crippen molar-refractivity contribution >= 4 is 42.6 Å². The van der Waals surface area contributed by atoms with Gasteiger partial charge in [0.15, 0.2) is 14.0 Å². The number of aryl methyl sites for hydroxylation is 1. The smallest absolute Gasteiger partial charge is 0.334 e. The monoisotopic (exact) mass is 524 g/mol. The first-order valence-electron chi connectivity index (χ1n) is 11.1. The number of hydrogen-bond acceptors (Lipinski definition) is 6. The Morgan fingerprint density at radius 1 is 1.18 bits per heavy atom. The highest BCUT2D eigenvalue weighted by Gasteiger charge is 2.37. The van der Waals surface area contributed by atoms with E-state index in [0.717, 1.165) is 6.42 Å². The van der Waals surface area contributed by atoms with Crippen LogP contribution in [0.15, 0.2) is 27.9 Å². The molecule has 184 valence electrons. The summed E-state index contributed by atoms with van der Waals surface area (Å²) in [7, 11) is -1.93. The van der Waals surface area contributed by atoms with Crippen molar-refractivity contribution in [2.45, 2.75) is 58.7 Å². The Balaban J connectivity index is 2.09. The van der Waals surface area contributed by atoms with E-state index in [2.05, 4.69) is 48.8 Å². The lowest BCUT2D eigenvalue weighted by molar-refractivity contribution is 0.203. The molecule has 0 bridgehead atoms. The van der Waals surface area contributed by atoms with E-state index < -0.39 is 19.6 Å². The van der Waals surface area contributed by atoms with Crippen LogP contribution in [0.2, 0.25) is 28.3 Å². The van der Waals surface area contributed by atoms with Crippen molar-refractivity contribution in [2.24, 2.45) is 0 Å². The highest BCUT2D eigenvalue weighted by Crippen LogP contribution is 2.36. The Morgan fingerprint density at radius 3 is 2.53 bits per heavy atom. The third kappa shape index (κ3) is 5.38. The number of H-pyrrole nitrogens is 1. The zero-order chi connectivity index (χ0) is 25.3. The highest BCUT2D eigenvalue weighted by molar-refractivity contribution is 6.74. The van der Waals surface area contributed by atoms with E-state index in [0.29, 0.717) is 30.2 Å². The number of pyridine rings is 2. The van der Waals surface area contributed by atoms with E-state index in [-0.39, 0.29) is 32.9 Å². The molecule has 3 aromatic heterocycles. The molecule has 0 aliphatic carbocycles. The minimum Gasteiger partial charge on any atom is -0.489 e. The van der Waals surface area contributed by atoms with Gasteiger partial charge in [0.25, 0.3) is 5.56 Å². The molecule has 3 rings (SSSR count). The third-order valence-corrected chi connectivity index (χ3v) is 11.3. The van der Waals surface area contributed by atoms with Crippen LogP contribution in [-0.2, 0) is 10.8 Å². The minimum atomic E-state index is -1.93. The number of aromatic amines is 1. The molecule has 8 nitrogen and oxygen atoms in total. The third-order valence-electron chi connectivity index (χ3n) is 6.08. The van der Waals surface area contributed by atoms with E-state index in [4.69, 9.17) is 32.4 Å². The lowest BCUT2D eigenvalue weighted by atomic mass is 10.1. The fraction of sp³-hybridized carbons (Fsp3) is 0.478. The number of hydrogen-bond donors (Lipinski definition) is 1. The molecule has 0 unspecified atom stereocenters. The Bertz CT molecular complexity index is 1320. The predicted octanol–water partition coefficient (Wildman–Crippen LogP) is 5.13. The standard InChI is InChI=1S/C23H30Cl2N4O4Si/c1-7-8-16-18(17(9-10-26-16)32-11-12-33-34(5,6)23(2,3)4)29-20-14(21(30)28-22(29)31)13-15(24)19(25)27-20/h9-10,13H,7-8,11-12H2,1-6H3,(H,28,30,31). The molecule has 3 heterocycles. The quantitative estimate of drug-likeness (QED) is 0.249. The summed E-state index contributed by atoms with van der Waals surface area (Å²) in [6.45, 7) is 13.6. The largest absolute Gasteiger partial charge is 0.489 e. The maximum Gasteiger partial charge on any atom is 0.334 e. The van der Waals surface area contributed by atoms with Crippen LogP contribution >= 0.6 is 23.2 Å². The molecule has 11 heteroatoms. The van der Waals surface area contributed by atoms with Gasteiger partial charge in [-0.3, -0.25) is 14.8 Å². The van der Waals surface area contributed by atoms with Crippen LogP contribution in [-0.4, -0.2) is 41.1 Å². The Labute approximate surface area is 209 Å². The SMILES string of the molecule is CCCc1nccc(OCCO[Si](C)(C)C(C)(C)C)c1-n1c(=O)[nH]c(=O)c2cc(Cl)c(Cl)nc21. The number of fused-ring (bicyclic) bond motifs is 1. The Kier molecular flexibility index (Phi) is 7.91. The molecular formula is C23H30Cl2N4O4Si. The van der Waals surface area contributed by atoms with Crippen LogP contribution in [0.4, 0.5) is 0 Å². The van der Waals surface area contributed by atoms with Crippen LogP contribution < -0.4 is 16.0 Å². The van der Waals surface area contributed by atoms with Crippen LogP contribution in [0.25, 0.3) is 16.7 Å². The number of nitrogens with one attached hydrogen (secondary N) is 1. The van der Waals surface area contributed by atoms with Crippen molar-refractivity contribution in [1.29, 1.82) is 0 Å². The van der Waals surface area contributed by atoms with Gasteiger partial charge in [0, 0.05) is 12.3 Å². The summed E-state index contributed by atoms with van der Waals surface area (Å²) in [5.41, 5.74) is -0.150. The summed E-state index contributed by atoms with van der Waals surface area (Å²) in [6, 6.07) is 3.08. The van der Waals surface area contributed by atoms with Gasteiger partial charge in [-0.15, -0.1) is 0 Å². The number of aromatic nitrogens is 4. The van der Waals surface area contributed by atoms with Gasteiger partial charge in [0.2, 0.25) is 0 Å². The molecule has 0 spiro atoms. The topological polar surface area (TPSA) is 99.1 Å². The molecule has 0 saturated carbocycles. The zero-order valence-electron chi connectivity index (χ0n) is 20.3. The maximum absolute atomic E-state index is 13.0. The summed E-state index contributed by atoms with van der Waals surface area (Å²) >= 11 is 12.2. The van der Waals surface area contributed by atoms with E-state index in [9.17, 15) is 9.59 Å². The van der Waals surface area contributed by atoms with Crippen LogP contribution in [0.5, 0.6) is 5.75 Å². The lowest BCUT2D eigenvalue weighted by Gasteiger charge is -2.36. The lowest BCUT2D eigenvalue weighted by Crippen LogP contribution is -2.41. The van der Waals surface area contributed by atoms with Crippen LogP contribution in [0.1, 0.15) is 39.8 Å². The van der Waals surface area contributed by atoms with E-state index in [1.54, 1.807) is 12.3 Å². The summed E-state index contributed by atoms with van der Waals surface area (Å²) < 4.78 is 13.6. The van der Waals surface area contributed by atoms with Crippen molar-refractivity contribution in [3.05, 3.63) is 55.0 Å². The normalized spacial score (nSPS) is 12.4. The van der Waals surface area contributed by atoms with Gasteiger partial charge in [0.05, 0.1) is 22.7 Å². The molecule has 0 fully saturated rings. The summed E-state index contributed by atoms with van der Waals surface area (Å²) in [6.07, 6.45) is 3.00. The van der Waals surface area contributed by atoms with Crippen molar-refractivity contribution in [3.63, 3.8) is 0 Å². The summed E-state index contributed by atoms with van der Waals surface area (Å²) in [5.74, 6) is 0.431. The first-order chi connectivity index (χ1) is 15.9. The number of nitrogens with zero attached hydrogens (tertiary/aromatic N) is 3. The average molecular weight is 526 g/mol. The van der Waals surface area contributed by atoms with Gasteiger partial charge in [-0.05, 0) is 30.6 Å². The van der Waals surface area contributed by atoms with Crippen molar-refractivity contribution < 1.29 is 9.16 Å². The first kappa shape index (κ1) is 26.4. The van der Waals surface area contributed by atoms with Crippen LogP contribution in [0.3, 0.4) is 0 Å².